The first kappa shape index (κ1) is 15.1. The third-order valence-corrected chi connectivity index (χ3v) is 2.49. The average molecular weight is 263 g/mol. The van der Waals surface area contributed by atoms with Gasteiger partial charge in [0.15, 0.2) is 5.82 Å². The van der Waals surface area contributed by atoms with Crippen molar-refractivity contribution in [2.75, 3.05) is 18.1 Å². The van der Waals surface area contributed by atoms with Crippen molar-refractivity contribution in [2.24, 2.45) is 0 Å². The van der Waals surface area contributed by atoms with E-state index in [0.29, 0.717) is 23.5 Å². The summed E-state index contributed by atoms with van der Waals surface area (Å²) in [5.41, 5.74) is 13.2. The van der Waals surface area contributed by atoms with Crippen molar-refractivity contribution in [3.8, 4) is 0 Å². The van der Waals surface area contributed by atoms with E-state index in [4.69, 9.17) is 16.6 Å². The first-order valence-corrected chi connectivity index (χ1v) is 6.35. The minimum absolute atomic E-state index is 0.177. The van der Waals surface area contributed by atoms with Gasteiger partial charge in [-0.3, -0.25) is 0 Å². The quantitative estimate of drug-likeness (QED) is 0.726. The molecule has 6 heteroatoms. The van der Waals surface area contributed by atoms with Crippen LogP contribution in [0.5, 0.6) is 0 Å². The van der Waals surface area contributed by atoms with E-state index in [2.05, 4.69) is 21.9 Å². The molecule has 0 bridgehead atoms. The Balaban J connectivity index is 0.000000258. The Morgan fingerprint density at radius 1 is 1.11 bits per heavy atom. The van der Waals surface area contributed by atoms with E-state index in [1.165, 1.54) is 6.42 Å². The van der Waals surface area contributed by atoms with Crippen LogP contribution in [0, 0.1) is 6.92 Å². The van der Waals surface area contributed by atoms with Crippen molar-refractivity contribution in [3.63, 3.8) is 0 Å². The summed E-state index contributed by atoms with van der Waals surface area (Å²) in [5.74, 6) is 0.502. The van der Waals surface area contributed by atoms with Gasteiger partial charge < -0.3 is 16.6 Å². The molecule has 104 valence electrons. The molecule has 19 heavy (non-hydrogen) atoms. The Hall–Kier alpha value is -1.95. The highest BCUT2D eigenvalue weighted by atomic mass is 16.2. The van der Waals surface area contributed by atoms with E-state index in [1.54, 1.807) is 0 Å². The molecule has 2 heterocycles. The number of pyridine rings is 1. The number of nitrogens with two attached hydrogens (primary N) is 2. The van der Waals surface area contributed by atoms with Crippen LogP contribution in [0.2, 0.25) is 0 Å². The molecule has 2 aromatic heterocycles. The summed E-state index contributed by atoms with van der Waals surface area (Å²) in [7, 11) is 0. The zero-order valence-corrected chi connectivity index (χ0v) is 11.4. The first-order chi connectivity index (χ1) is 9.08. The van der Waals surface area contributed by atoms with Crippen molar-refractivity contribution in [1.29, 1.82) is 0 Å². The van der Waals surface area contributed by atoms with Crippen LogP contribution in [0.1, 0.15) is 31.9 Å². The molecule has 0 fully saturated rings. The van der Waals surface area contributed by atoms with E-state index in [-0.39, 0.29) is 5.95 Å². The molecule has 0 unspecified atom stereocenters. The van der Waals surface area contributed by atoms with Crippen LogP contribution in [0.15, 0.2) is 12.1 Å². The molecule has 6 nitrogen and oxygen atoms in total. The smallest absolute Gasteiger partial charge is 0.222 e. The van der Waals surface area contributed by atoms with E-state index in [1.807, 2.05) is 19.1 Å². The molecule has 0 saturated carbocycles. The van der Waals surface area contributed by atoms with Gasteiger partial charge in [0.25, 0.3) is 0 Å². The number of rotatable bonds is 3. The van der Waals surface area contributed by atoms with Crippen LogP contribution >= 0.6 is 0 Å². The van der Waals surface area contributed by atoms with Gasteiger partial charge in [0.2, 0.25) is 5.95 Å². The molecule has 0 amide bonds. The van der Waals surface area contributed by atoms with Gasteiger partial charge in [-0.15, -0.1) is 0 Å². The maximum atomic E-state index is 8.20. The molecule has 2 aromatic rings. The second-order valence-corrected chi connectivity index (χ2v) is 4.22. The number of unbranched alkanes of at least 4 members (excludes halogenated alkanes) is 2. The van der Waals surface area contributed by atoms with E-state index in [9.17, 15) is 0 Å². The van der Waals surface area contributed by atoms with Gasteiger partial charge in [0, 0.05) is 12.3 Å². The second kappa shape index (κ2) is 7.48. The summed E-state index contributed by atoms with van der Waals surface area (Å²) in [6.45, 7) is 4.36. The largest absolute Gasteiger partial charge is 0.396 e. The van der Waals surface area contributed by atoms with Gasteiger partial charge in [-0.2, -0.15) is 4.98 Å². The summed E-state index contributed by atoms with van der Waals surface area (Å²) in [4.78, 5) is 12.0. The van der Waals surface area contributed by atoms with E-state index in [0.717, 1.165) is 18.5 Å². The standard InChI is InChI=1S/C8H9N5.C5H12O/c1-4-2-3-5-6(11-4)7(9)13-8(10)12-5;1-2-3-4-5-6/h2-3H,1H3,(H4,9,10,12,13);6H,2-5H2,1H3. The number of nitrogen functional groups attached to an aromatic ring is 2. The highest BCUT2D eigenvalue weighted by Crippen LogP contribution is 2.16. The van der Waals surface area contributed by atoms with Gasteiger partial charge >= 0.3 is 0 Å². The van der Waals surface area contributed by atoms with Crippen molar-refractivity contribution in [3.05, 3.63) is 17.8 Å². The number of fused-ring (bicyclic) bond motifs is 1. The summed E-state index contributed by atoms with van der Waals surface area (Å²) in [6, 6.07) is 3.68. The Bertz CT molecular complexity index is 526. The lowest BCUT2D eigenvalue weighted by Gasteiger charge is -2.01. The van der Waals surface area contributed by atoms with Crippen molar-refractivity contribution in [1.82, 2.24) is 15.0 Å². The van der Waals surface area contributed by atoms with Crippen LogP contribution in [-0.2, 0) is 0 Å². The number of hydrogen-bond acceptors (Lipinski definition) is 6. The fraction of sp³-hybridized carbons (Fsp3) is 0.462. The lowest BCUT2D eigenvalue weighted by Crippen LogP contribution is -2.01. The van der Waals surface area contributed by atoms with Crippen LogP contribution in [-0.4, -0.2) is 26.7 Å². The summed E-state index contributed by atoms with van der Waals surface area (Å²) >= 11 is 0. The molecule has 0 saturated heterocycles. The van der Waals surface area contributed by atoms with Gasteiger partial charge in [0.1, 0.15) is 5.52 Å². The lowest BCUT2D eigenvalue weighted by atomic mass is 10.3. The molecule has 5 N–H and O–H groups in total. The monoisotopic (exact) mass is 263 g/mol. The van der Waals surface area contributed by atoms with Gasteiger partial charge in [0.05, 0.1) is 5.52 Å². The Kier molecular flexibility index (Phi) is 5.95. The third-order valence-electron chi connectivity index (χ3n) is 2.49. The van der Waals surface area contributed by atoms with E-state index < -0.39 is 0 Å². The predicted octanol–water partition coefficient (Wildman–Crippen LogP) is 1.67. The number of nitrogens with zero attached hydrogens (tertiary/aromatic N) is 3. The van der Waals surface area contributed by atoms with Crippen LogP contribution in [0.3, 0.4) is 0 Å². The number of hydrogen-bond donors (Lipinski definition) is 3. The van der Waals surface area contributed by atoms with Gasteiger partial charge in [-0.05, 0) is 25.5 Å². The van der Waals surface area contributed by atoms with Crippen LogP contribution in [0.25, 0.3) is 11.0 Å². The topological polar surface area (TPSA) is 111 Å². The molecular formula is C13H21N5O. The maximum absolute atomic E-state index is 8.20. The SMILES string of the molecule is CCCCCO.Cc1ccc2nc(N)nc(N)c2n1. The molecule has 0 atom stereocenters. The molecule has 0 radical (unpaired) electrons. The van der Waals surface area contributed by atoms with Crippen molar-refractivity contribution < 1.29 is 5.11 Å². The predicted molar refractivity (Wildman–Crippen MR) is 77.5 cm³/mol. The number of aliphatic hydroxyl groups is 1. The molecule has 0 aliphatic carbocycles. The van der Waals surface area contributed by atoms with Crippen LogP contribution in [0.4, 0.5) is 11.8 Å². The zero-order chi connectivity index (χ0) is 14.3. The normalized spacial score (nSPS) is 10.1. The van der Waals surface area contributed by atoms with Crippen LogP contribution < -0.4 is 11.5 Å². The Labute approximate surface area is 112 Å². The molecule has 0 aliphatic rings. The summed E-state index contributed by atoms with van der Waals surface area (Å²) in [5, 5.41) is 8.20. The summed E-state index contributed by atoms with van der Waals surface area (Å²) in [6.07, 6.45) is 3.33. The number of aromatic nitrogens is 3. The molecule has 0 aromatic carbocycles. The average Bonchev–Trinajstić information content (AvgIpc) is 2.38. The Morgan fingerprint density at radius 3 is 2.42 bits per heavy atom. The Morgan fingerprint density at radius 2 is 1.84 bits per heavy atom. The highest BCUT2D eigenvalue weighted by molar-refractivity contribution is 5.84. The van der Waals surface area contributed by atoms with E-state index >= 15 is 0 Å². The molecule has 2 rings (SSSR count). The second-order valence-electron chi connectivity index (χ2n) is 4.22. The number of anilines is 2. The lowest BCUT2D eigenvalue weighted by molar-refractivity contribution is 0.284. The van der Waals surface area contributed by atoms with Crippen molar-refractivity contribution >= 4 is 22.8 Å². The van der Waals surface area contributed by atoms with Crippen molar-refractivity contribution in [2.45, 2.75) is 33.1 Å². The molecular weight excluding hydrogens is 242 g/mol. The number of aliphatic hydroxyl groups excluding tert-OH is 1. The fourth-order valence-corrected chi connectivity index (χ4v) is 1.51. The minimum atomic E-state index is 0.177. The highest BCUT2D eigenvalue weighted by Gasteiger charge is 2.03. The zero-order valence-electron chi connectivity index (χ0n) is 11.4. The van der Waals surface area contributed by atoms with Gasteiger partial charge in [-0.25, -0.2) is 9.97 Å². The maximum Gasteiger partial charge on any atom is 0.222 e. The minimum Gasteiger partial charge on any atom is -0.396 e. The molecule has 0 aliphatic heterocycles. The number of aryl methyl sites for hydroxylation is 1. The third kappa shape index (κ3) is 4.67. The first-order valence-electron chi connectivity index (χ1n) is 6.35. The fourth-order valence-electron chi connectivity index (χ4n) is 1.51. The molecule has 0 spiro atoms. The summed E-state index contributed by atoms with van der Waals surface area (Å²) < 4.78 is 0. The van der Waals surface area contributed by atoms with Gasteiger partial charge in [-0.1, -0.05) is 19.8 Å².